The van der Waals surface area contributed by atoms with E-state index >= 15 is 0 Å². The largest absolute Gasteiger partial charge is 0.348 e. The van der Waals surface area contributed by atoms with Crippen LogP contribution in [-0.2, 0) is 13.1 Å². The minimum absolute atomic E-state index is 0.255. The molecule has 31 heavy (non-hydrogen) atoms. The number of para-hydroxylation sites is 1. The van der Waals surface area contributed by atoms with E-state index in [1.165, 1.54) is 22.5 Å². The first kappa shape index (κ1) is 20.5. The quantitative estimate of drug-likeness (QED) is 0.513. The van der Waals surface area contributed by atoms with Crippen LogP contribution in [0.15, 0.2) is 60.8 Å². The van der Waals surface area contributed by atoms with Crippen molar-refractivity contribution in [1.82, 2.24) is 24.9 Å². The summed E-state index contributed by atoms with van der Waals surface area (Å²) < 4.78 is 17.5. The molecule has 6 nitrogen and oxygen atoms in total. The number of aryl methyl sites for hydroxylation is 1. The van der Waals surface area contributed by atoms with E-state index in [2.05, 4.69) is 27.6 Å². The second-order valence-corrected chi connectivity index (χ2v) is 7.48. The molecule has 0 bridgehead atoms. The molecule has 2 aromatic heterocycles. The highest BCUT2D eigenvalue weighted by Crippen LogP contribution is 2.18. The molecule has 2 heterocycles. The molecule has 0 aliphatic rings. The molecule has 4 aromatic rings. The summed E-state index contributed by atoms with van der Waals surface area (Å²) in [6.45, 7) is 6.73. The number of nitrogens with zero attached hydrogens (tertiary/aromatic N) is 4. The molecule has 0 saturated carbocycles. The van der Waals surface area contributed by atoms with E-state index in [0.717, 1.165) is 17.0 Å². The molecule has 0 radical (unpaired) electrons. The molecule has 0 aliphatic carbocycles. The molecule has 0 atom stereocenters. The Morgan fingerprint density at radius 3 is 2.45 bits per heavy atom. The standard InChI is InChI=1S/C24H24FN5O/c1-16-20(17(2)29(28-16)15-19-9-5-4-6-10-19)13-26-24(31)21-14-27-30(18(21)3)23-12-8-7-11-22(23)25/h4-12,14H,13,15H2,1-3H3,(H,26,31). The Kier molecular flexibility index (Phi) is 5.66. The number of nitrogens with one attached hydrogen (secondary N) is 1. The Hall–Kier alpha value is -3.74. The zero-order valence-corrected chi connectivity index (χ0v) is 17.8. The van der Waals surface area contributed by atoms with Gasteiger partial charge in [0.25, 0.3) is 5.91 Å². The van der Waals surface area contributed by atoms with Crippen LogP contribution in [0.4, 0.5) is 4.39 Å². The number of carbonyl (C=O) groups excluding carboxylic acids is 1. The van der Waals surface area contributed by atoms with E-state index < -0.39 is 5.82 Å². The zero-order valence-electron chi connectivity index (χ0n) is 17.8. The molecule has 0 unspecified atom stereocenters. The molecule has 2 aromatic carbocycles. The highest BCUT2D eigenvalue weighted by Gasteiger charge is 2.18. The third-order valence-electron chi connectivity index (χ3n) is 5.47. The highest BCUT2D eigenvalue weighted by molar-refractivity contribution is 5.95. The van der Waals surface area contributed by atoms with Gasteiger partial charge in [0, 0.05) is 17.8 Å². The SMILES string of the molecule is Cc1nn(Cc2ccccc2)c(C)c1CNC(=O)c1cnn(-c2ccccc2F)c1C. The van der Waals surface area contributed by atoms with Crippen molar-refractivity contribution in [2.75, 3.05) is 0 Å². The zero-order chi connectivity index (χ0) is 22.0. The van der Waals surface area contributed by atoms with Crippen molar-refractivity contribution in [2.24, 2.45) is 0 Å². The highest BCUT2D eigenvalue weighted by atomic mass is 19.1. The molecule has 7 heteroatoms. The summed E-state index contributed by atoms with van der Waals surface area (Å²) in [5.41, 5.74) is 5.36. The van der Waals surface area contributed by atoms with Gasteiger partial charge in [-0.25, -0.2) is 9.07 Å². The fraction of sp³-hybridized carbons (Fsp3) is 0.208. The number of carbonyl (C=O) groups is 1. The van der Waals surface area contributed by atoms with E-state index in [0.29, 0.717) is 30.0 Å². The summed E-state index contributed by atoms with van der Waals surface area (Å²) in [4.78, 5) is 12.8. The predicted molar refractivity (Wildman–Crippen MR) is 117 cm³/mol. The fourth-order valence-electron chi connectivity index (χ4n) is 3.66. The average Bonchev–Trinajstić information content (AvgIpc) is 3.27. The number of rotatable bonds is 6. The van der Waals surface area contributed by atoms with Gasteiger partial charge in [0.1, 0.15) is 11.5 Å². The van der Waals surface area contributed by atoms with Gasteiger partial charge in [0.15, 0.2) is 0 Å². The Bertz CT molecular complexity index is 1230. The lowest BCUT2D eigenvalue weighted by Gasteiger charge is -2.08. The van der Waals surface area contributed by atoms with Crippen LogP contribution in [0, 0.1) is 26.6 Å². The lowest BCUT2D eigenvalue weighted by atomic mass is 10.1. The van der Waals surface area contributed by atoms with Crippen molar-refractivity contribution >= 4 is 5.91 Å². The van der Waals surface area contributed by atoms with E-state index in [9.17, 15) is 9.18 Å². The summed E-state index contributed by atoms with van der Waals surface area (Å²) in [5.74, 6) is -0.646. The first-order chi connectivity index (χ1) is 15.0. The number of aromatic nitrogens is 4. The molecule has 1 amide bonds. The molecule has 0 saturated heterocycles. The normalized spacial score (nSPS) is 11.0. The summed E-state index contributed by atoms with van der Waals surface area (Å²) >= 11 is 0. The minimum atomic E-state index is -0.391. The smallest absolute Gasteiger partial charge is 0.255 e. The van der Waals surface area contributed by atoms with E-state index in [-0.39, 0.29) is 5.91 Å². The van der Waals surface area contributed by atoms with Crippen LogP contribution in [-0.4, -0.2) is 25.5 Å². The first-order valence-corrected chi connectivity index (χ1v) is 10.1. The van der Waals surface area contributed by atoms with Crippen LogP contribution in [0.5, 0.6) is 0 Å². The summed E-state index contributed by atoms with van der Waals surface area (Å²) in [6.07, 6.45) is 1.47. The van der Waals surface area contributed by atoms with Crippen LogP contribution < -0.4 is 5.32 Å². The lowest BCUT2D eigenvalue weighted by molar-refractivity contribution is 0.0950. The number of hydrogen-bond acceptors (Lipinski definition) is 3. The fourth-order valence-corrected chi connectivity index (χ4v) is 3.66. The topological polar surface area (TPSA) is 64.7 Å². The second kappa shape index (κ2) is 8.55. The summed E-state index contributed by atoms with van der Waals surface area (Å²) in [5, 5.41) is 11.8. The summed E-state index contributed by atoms with van der Waals surface area (Å²) in [6, 6.07) is 16.5. The number of benzene rings is 2. The van der Waals surface area contributed by atoms with Gasteiger partial charge in [-0.05, 0) is 38.5 Å². The van der Waals surface area contributed by atoms with Crippen LogP contribution in [0.1, 0.15) is 38.6 Å². The van der Waals surface area contributed by atoms with Crippen LogP contribution in [0.25, 0.3) is 5.69 Å². The Balaban J connectivity index is 1.49. The molecule has 158 valence electrons. The van der Waals surface area contributed by atoms with Crippen LogP contribution in [0.3, 0.4) is 0 Å². The van der Waals surface area contributed by atoms with Gasteiger partial charge >= 0.3 is 0 Å². The number of amides is 1. The molecular weight excluding hydrogens is 393 g/mol. The Morgan fingerprint density at radius 2 is 1.71 bits per heavy atom. The van der Waals surface area contributed by atoms with Crippen molar-refractivity contribution in [3.63, 3.8) is 0 Å². The molecule has 4 rings (SSSR count). The second-order valence-electron chi connectivity index (χ2n) is 7.48. The molecule has 0 spiro atoms. The molecule has 0 aliphatic heterocycles. The van der Waals surface area contributed by atoms with Crippen LogP contribution in [0.2, 0.25) is 0 Å². The van der Waals surface area contributed by atoms with Crippen molar-refractivity contribution < 1.29 is 9.18 Å². The van der Waals surface area contributed by atoms with Gasteiger partial charge < -0.3 is 5.32 Å². The monoisotopic (exact) mass is 417 g/mol. The maximum Gasteiger partial charge on any atom is 0.255 e. The maximum atomic E-state index is 14.1. The molecule has 0 fully saturated rings. The van der Waals surface area contributed by atoms with Gasteiger partial charge in [-0.2, -0.15) is 10.2 Å². The third kappa shape index (κ3) is 4.12. The molecule has 1 N–H and O–H groups in total. The third-order valence-corrected chi connectivity index (χ3v) is 5.47. The van der Waals surface area contributed by atoms with Gasteiger partial charge in [-0.3, -0.25) is 9.48 Å². The number of hydrogen-bond donors (Lipinski definition) is 1. The Labute approximate surface area is 180 Å². The predicted octanol–water partition coefficient (Wildman–Crippen LogP) is 4.11. The maximum absolute atomic E-state index is 14.1. The van der Waals surface area contributed by atoms with Crippen LogP contribution >= 0.6 is 0 Å². The van der Waals surface area contributed by atoms with E-state index in [1.807, 2.05) is 36.7 Å². The minimum Gasteiger partial charge on any atom is -0.348 e. The summed E-state index contributed by atoms with van der Waals surface area (Å²) in [7, 11) is 0. The van der Waals surface area contributed by atoms with E-state index in [1.54, 1.807) is 25.1 Å². The van der Waals surface area contributed by atoms with Gasteiger partial charge in [-0.15, -0.1) is 0 Å². The van der Waals surface area contributed by atoms with Gasteiger partial charge in [0.05, 0.1) is 29.7 Å². The van der Waals surface area contributed by atoms with Gasteiger partial charge in [0.2, 0.25) is 0 Å². The van der Waals surface area contributed by atoms with Crippen molar-refractivity contribution in [3.05, 3.63) is 100 Å². The van der Waals surface area contributed by atoms with Crippen molar-refractivity contribution in [2.45, 2.75) is 33.9 Å². The van der Waals surface area contributed by atoms with E-state index in [4.69, 9.17) is 0 Å². The lowest BCUT2D eigenvalue weighted by Crippen LogP contribution is -2.24. The first-order valence-electron chi connectivity index (χ1n) is 10.1. The van der Waals surface area contributed by atoms with Gasteiger partial charge in [-0.1, -0.05) is 42.5 Å². The number of halogens is 1. The van der Waals surface area contributed by atoms with Crippen molar-refractivity contribution in [1.29, 1.82) is 0 Å². The Morgan fingerprint density at radius 1 is 1.00 bits per heavy atom. The molecular formula is C24H24FN5O. The van der Waals surface area contributed by atoms with Crippen molar-refractivity contribution in [3.8, 4) is 5.69 Å². The average molecular weight is 417 g/mol.